The fourth-order valence-electron chi connectivity index (χ4n) is 0.980. The van der Waals surface area contributed by atoms with Crippen LogP contribution < -0.4 is 21.3 Å². The Morgan fingerprint density at radius 1 is 1.38 bits per heavy atom. The largest absolute Gasteiger partial charge is 0.490 e. The Hall–Kier alpha value is -1.77. The lowest BCUT2D eigenvalue weighted by atomic mass is 10.4. The van der Waals surface area contributed by atoms with E-state index in [2.05, 4.69) is 20.7 Å². The van der Waals surface area contributed by atoms with Crippen LogP contribution in [0.4, 0.5) is 24.8 Å². The first-order chi connectivity index (χ1) is 7.48. The molecule has 0 aliphatic rings. The SMILES string of the molecule is COc1c(NN)ncnc1NCC(F)(F)F. The predicted molar refractivity (Wildman–Crippen MR) is 50.9 cm³/mol. The highest BCUT2D eigenvalue weighted by Gasteiger charge is 2.27. The van der Waals surface area contributed by atoms with Crippen LogP contribution in [0, 0.1) is 0 Å². The van der Waals surface area contributed by atoms with Gasteiger partial charge in [-0.1, -0.05) is 0 Å². The Labute approximate surface area is 89.0 Å². The zero-order valence-corrected chi connectivity index (χ0v) is 8.30. The topological polar surface area (TPSA) is 85.1 Å². The van der Waals surface area contributed by atoms with Gasteiger partial charge in [-0.15, -0.1) is 0 Å². The summed E-state index contributed by atoms with van der Waals surface area (Å²) in [6, 6.07) is 0. The maximum absolute atomic E-state index is 12.0. The van der Waals surface area contributed by atoms with Crippen molar-refractivity contribution in [2.24, 2.45) is 5.84 Å². The van der Waals surface area contributed by atoms with Crippen LogP contribution in [0.3, 0.4) is 0 Å². The van der Waals surface area contributed by atoms with Gasteiger partial charge < -0.3 is 15.5 Å². The van der Waals surface area contributed by atoms with Crippen LogP contribution in [-0.4, -0.2) is 29.8 Å². The van der Waals surface area contributed by atoms with Gasteiger partial charge in [-0.05, 0) is 0 Å². The number of halogens is 3. The van der Waals surface area contributed by atoms with Crippen LogP contribution in [0.2, 0.25) is 0 Å². The molecule has 6 nitrogen and oxygen atoms in total. The monoisotopic (exact) mass is 237 g/mol. The van der Waals surface area contributed by atoms with Gasteiger partial charge in [-0.2, -0.15) is 13.2 Å². The lowest BCUT2D eigenvalue weighted by molar-refractivity contribution is -0.115. The molecule has 0 atom stereocenters. The van der Waals surface area contributed by atoms with Crippen molar-refractivity contribution >= 4 is 11.6 Å². The van der Waals surface area contributed by atoms with Crippen molar-refractivity contribution in [2.75, 3.05) is 24.4 Å². The summed E-state index contributed by atoms with van der Waals surface area (Å²) in [5.41, 5.74) is 2.19. The highest BCUT2D eigenvalue weighted by molar-refractivity contribution is 5.62. The molecule has 0 aromatic carbocycles. The third-order valence-electron chi connectivity index (χ3n) is 1.60. The normalized spacial score (nSPS) is 11.1. The van der Waals surface area contributed by atoms with E-state index in [0.717, 1.165) is 6.33 Å². The molecule has 1 aromatic rings. The number of aromatic nitrogens is 2. The molecule has 0 amide bonds. The zero-order chi connectivity index (χ0) is 12.2. The van der Waals surface area contributed by atoms with E-state index in [1.54, 1.807) is 0 Å². The first-order valence-corrected chi connectivity index (χ1v) is 4.14. The molecule has 0 radical (unpaired) electrons. The smallest absolute Gasteiger partial charge is 0.405 e. The highest BCUT2D eigenvalue weighted by atomic mass is 19.4. The quantitative estimate of drug-likeness (QED) is 0.529. The van der Waals surface area contributed by atoms with Crippen molar-refractivity contribution in [1.82, 2.24) is 9.97 Å². The van der Waals surface area contributed by atoms with Gasteiger partial charge in [0.2, 0.25) is 5.75 Å². The molecule has 0 spiro atoms. The molecule has 1 rings (SSSR count). The van der Waals surface area contributed by atoms with Crippen LogP contribution in [0.1, 0.15) is 0 Å². The van der Waals surface area contributed by atoms with Gasteiger partial charge >= 0.3 is 6.18 Å². The third-order valence-corrected chi connectivity index (χ3v) is 1.60. The molecule has 4 N–H and O–H groups in total. The second-order valence-corrected chi connectivity index (χ2v) is 2.72. The van der Waals surface area contributed by atoms with E-state index >= 15 is 0 Å². The Kier molecular flexibility index (Phi) is 3.72. The molecule has 0 saturated heterocycles. The van der Waals surface area contributed by atoms with Crippen LogP contribution in [-0.2, 0) is 0 Å². The van der Waals surface area contributed by atoms with Crippen molar-refractivity contribution in [3.05, 3.63) is 6.33 Å². The molecule has 0 unspecified atom stereocenters. The number of anilines is 2. The number of hydrazine groups is 1. The molecule has 0 aliphatic carbocycles. The Morgan fingerprint density at radius 3 is 2.50 bits per heavy atom. The third kappa shape index (κ3) is 3.12. The molecular weight excluding hydrogens is 227 g/mol. The molecule has 0 fully saturated rings. The van der Waals surface area contributed by atoms with Gasteiger partial charge in [0.1, 0.15) is 12.9 Å². The van der Waals surface area contributed by atoms with Gasteiger partial charge in [0.15, 0.2) is 11.6 Å². The number of methoxy groups -OCH3 is 1. The van der Waals surface area contributed by atoms with Gasteiger partial charge in [0.05, 0.1) is 7.11 Å². The number of nitrogens with one attached hydrogen (secondary N) is 2. The van der Waals surface area contributed by atoms with E-state index in [0.29, 0.717) is 0 Å². The standard InChI is InChI=1S/C7H10F3N5O/c1-16-4-5(12-2-7(8,9)10)13-3-14-6(4)15-11/h3H,2,11H2,1H3,(H2,12,13,14,15). The van der Waals surface area contributed by atoms with Crippen LogP contribution in [0.5, 0.6) is 5.75 Å². The molecule has 0 saturated carbocycles. The van der Waals surface area contributed by atoms with E-state index in [-0.39, 0.29) is 17.4 Å². The maximum Gasteiger partial charge on any atom is 0.405 e. The minimum Gasteiger partial charge on any atom is -0.490 e. The molecule has 1 aromatic heterocycles. The molecule has 16 heavy (non-hydrogen) atoms. The molecule has 1 heterocycles. The Morgan fingerprint density at radius 2 is 2.00 bits per heavy atom. The minimum atomic E-state index is -4.34. The number of alkyl halides is 3. The number of ether oxygens (including phenoxy) is 1. The van der Waals surface area contributed by atoms with Gasteiger partial charge in [0, 0.05) is 0 Å². The van der Waals surface area contributed by atoms with Crippen molar-refractivity contribution in [2.45, 2.75) is 6.18 Å². The number of hydrogen-bond acceptors (Lipinski definition) is 6. The first-order valence-electron chi connectivity index (χ1n) is 4.14. The van der Waals surface area contributed by atoms with E-state index in [1.807, 2.05) is 0 Å². The molecule has 9 heteroatoms. The van der Waals surface area contributed by atoms with Crippen LogP contribution >= 0.6 is 0 Å². The molecule has 0 aliphatic heterocycles. The fraction of sp³-hybridized carbons (Fsp3) is 0.429. The summed E-state index contributed by atoms with van der Waals surface area (Å²) in [7, 11) is 1.28. The summed E-state index contributed by atoms with van der Waals surface area (Å²) >= 11 is 0. The van der Waals surface area contributed by atoms with Crippen molar-refractivity contribution in [3.63, 3.8) is 0 Å². The number of nitrogens with two attached hydrogens (primary N) is 1. The van der Waals surface area contributed by atoms with Crippen molar-refractivity contribution in [1.29, 1.82) is 0 Å². The van der Waals surface area contributed by atoms with Crippen molar-refractivity contribution < 1.29 is 17.9 Å². The minimum absolute atomic E-state index is 0.0225. The summed E-state index contributed by atoms with van der Waals surface area (Å²) < 4.78 is 40.8. The second-order valence-electron chi connectivity index (χ2n) is 2.72. The van der Waals surface area contributed by atoms with Gasteiger partial charge in [-0.25, -0.2) is 15.8 Å². The summed E-state index contributed by atoms with van der Waals surface area (Å²) in [6.07, 6.45) is -3.28. The van der Waals surface area contributed by atoms with E-state index in [4.69, 9.17) is 10.6 Å². The van der Waals surface area contributed by atoms with Crippen LogP contribution in [0.25, 0.3) is 0 Å². The zero-order valence-electron chi connectivity index (χ0n) is 8.30. The van der Waals surface area contributed by atoms with Crippen LogP contribution in [0.15, 0.2) is 6.33 Å². The number of hydrogen-bond donors (Lipinski definition) is 3. The van der Waals surface area contributed by atoms with Crippen molar-refractivity contribution in [3.8, 4) is 5.75 Å². The number of rotatable bonds is 4. The second kappa shape index (κ2) is 4.84. The summed E-state index contributed by atoms with van der Waals surface area (Å²) in [4.78, 5) is 7.30. The summed E-state index contributed by atoms with van der Waals surface area (Å²) in [5, 5.41) is 2.08. The molecular formula is C7H10F3N5O. The average Bonchev–Trinajstić information content (AvgIpc) is 2.24. The maximum atomic E-state index is 12.0. The number of nitrogens with zero attached hydrogens (tertiary/aromatic N) is 2. The first kappa shape index (κ1) is 12.3. The predicted octanol–water partition coefficient (Wildman–Crippen LogP) is 0.745. The highest BCUT2D eigenvalue weighted by Crippen LogP contribution is 2.28. The molecule has 0 bridgehead atoms. The fourth-order valence-corrected chi connectivity index (χ4v) is 0.980. The summed E-state index contributed by atoms with van der Waals surface area (Å²) in [5.74, 6) is 5.15. The molecule has 90 valence electrons. The Balaban J connectivity index is 2.87. The van der Waals surface area contributed by atoms with E-state index in [9.17, 15) is 13.2 Å². The lowest BCUT2D eigenvalue weighted by Crippen LogP contribution is -2.22. The van der Waals surface area contributed by atoms with E-state index in [1.165, 1.54) is 7.11 Å². The van der Waals surface area contributed by atoms with Gasteiger partial charge in [-0.3, -0.25) is 0 Å². The average molecular weight is 237 g/mol. The van der Waals surface area contributed by atoms with Gasteiger partial charge in [0.25, 0.3) is 0 Å². The number of nitrogen functional groups attached to an aromatic ring is 1. The summed E-state index contributed by atoms with van der Waals surface area (Å²) in [6.45, 7) is -1.22. The Bertz CT molecular complexity index is 356. The lowest BCUT2D eigenvalue weighted by Gasteiger charge is -2.13. The van der Waals surface area contributed by atoms with E-state index < -0.39 is 12.7 Å².